The van der Waals surface area contributed by atoms with E-state index >= 15 is 0 Å². The first kappa shape index (κ1) is 18.4. The Morgan fingerprint density at radius 1 is 1.08 bits per heavy atom. The molecule has 26 heavy (non-hydrogen) atoms. The summed E-state index contributed by atoms with van der Waals surface area (Å²) in [6.07, 6.45) is 0. The molecule has 0 aliphatic carbocycles. The van der Waals surface area contributed by atoms with E-state index in [1.165, 1.54) is 0 Å². The number of rotatable bonds is 4. The molecule has 2 amide bonds. The SMILES string of the molecule is COc1ccccc1N1CCN(C(=O)NC(C)c2ccccc2Cl)CC1. The molecule has 1 saturated heterocycles. The van der Waals surface area contributed by atoms with Crippen molar-refractivity contribution in [1.29, 1.82) is 0 Å². The van der Waals surface area contributed by atoms with E-state index in [2.05, 4.69) is 10.2 Å². The second kappa shape index (κ2) is 8.32. The summed E-state index contributed by atoms with van der Waals surface area (Å²) in [6.45, 7) is 4.82. The average molecular weight is 374 g/mol. The first-order chi connectivity index (χ1) is 12.6. The van der Waals surface area contributed by atoms with Crippen LogP contribution in [0.3, 0.4) is 0 Å². The predicted octanol–water partition coefficient (Wildman–Crippen LogP) is 3.94. The summed E-state index contributed by atoms with van der Waals surface area (Å²) in [5.74, 6) is 0.859. The van der Waals surface area contributed by atoms with Crippen molar-refractivity contribution < 1.29 is 9.53 Å². The van der Waals surface area contributed by atoms with Crippen molar-refractivity contribution >= 4 is 23.3 Å². The van der Waals surface area contributed by atoms with Crippen LogP contribution in [0.5, 0.6) is 5.75 Å². The molecule has 0 spiro atoms. The van der Waals surface area contributed by atoms with Gasteiger partial charge in [-0.15, -0.1) is 0 Å². The average Bonchev–Trinajstić information content (AvgIpc) is 2.68. The second-order valence-electron chi connectivity index (χ2n) is 6.34. The van der Waals surface area contributed by atoms with Crippen LogP contribution in [-0.4, -0.2) is 44.2 Å². The summed E-state index contributed by atoms with van der Waals surface area (Å²) in [5.41, 5.74) is 2.00. The summed E-state index contributed by atoms with van der Waals surface area (Å²) < 4.78 is 5.44. The predicted molar refractivity (Wildman–Crippen MR) is 105 cm³/mol. The van der Waals surface area contributed by atoms with E-state index < -0.39 is 0 Å². The molecular formula is C20H24ClN3O2. The van der Waals surface area contributed by atoms with Crippen LogP contribution in [0.25, 0.3) is 0 Å². The Kier molecular flexibility index (Phi) is 5.89. The largest absolute Gasteiger partial charge is 0.495 e. The molecule has 5 nitrogen and oxygen atoms in total. The maximum atomic E-state index is 12.6. The number of nitrogens with one attached hydrogen (secondary N) is 1. The maximum absolute atomic E-state index is 12.6. The number of amides is 2. The van der Waals surface area contributed by atoms with Gasteiger partial charge in [0.05, 0.1) is 18.8 Å². The van der Waals surface area contributed by atoms with E-state index in [-0.39, 0.29) is 12.1 Å². The highest BCUT2D eigenvalue weighted by Gasteiger charge is 2.24. The van der Waals surface area contributed by atoms with Gasteiger partial charge >= 0.3 is 6.03 Å². The molecule has 2 aromatic rings. The number of urea groups is 1. The van der Waals surface area contributed by atoms with Gasteiger partial charge in [0.1, 0.15) is 5.75 Å². The van der Waals surface area contributed by atoms with Gasteiger partial charge in [0.25, 0.3) is 0 Å². The molecule has 3 rings (SSSR count). The minimum Gasteiger partial charge on any atom is -0.495 e. The molecule has 0 radical (unpaired) electrons. The van der Waals surface area contributed by atoms with Crippen molar-refractivity contribution in [3.8, 4) is 5.75 Å². The molecule has 1 fully saturated rings. The molecule has 1 N–H and O–H groups in total. The fourth-order valence-corrected chi connectivity index (χ4v) is 3.52. The maximum Gasteiger partial charge on any atom is 0.317 e. The summed E-state index contributed by atoms with van der Waals surface area (Å²) in [7, 11) is 1.68. The van der Waals surface area contributed by atoms with Crippen molar-refractivity contribution in [2.45, 2.75) is 13.0 Å². The Balaban J connectivity index is 1.58. The van der Waals surface area contributed by atoms with Gasteiger partial charge in [-0.25, -0.2) is 4.79 Å². The zero-order chi connectivity index (χ0) is 18.5. The quantitative estimate of drug-likeness (QED) is 0.882. The highest BCUT2D eigenvalue weighted by atomic mass is 35.5. The lowest BCUT2D eigenvalue weighted by atomic mass is 10.1. The Bertz CT molecular complexity index is 760. The van der Waals surface area contributed by atoms with E-state index in [9.17, 15) is 4.79 Å². The zero-order valence-corrected chi connectivity index (χ0v) is 15.9. The summed E-state index contributed by atoms with van der Waals surface area (Å²) >= 11 is 6.22. The topological polar surface area (TPSA) is 44.8 Å². The zero-order valence-electron chi connectivity index (χ0n) is 15.1. The molecule has 1 atom stereocenters. The summed E-state index contributed by atoms with van der Waals surface area (Å²) in [6, 6.07) is 15.4. The number of piperazine rings is 1. The molecule has 1 aliphatic heterocycles. The van der Waals surface area contributed by atoms with Crippen LogP contribution in [0.15, 0.2) is 48.5 Å². The Hall–Kier alpha value is -2.40. The van der Waals surface area contributed by atoms with E-state index in [1.807, 2.05) is 60.4 Å². The minimum absolute atomic E-state index is 0.0582. The number of nitrogens with zero attached hydrogens (tertiary/aromatic N) is 2. The molecule has 0 bridgehead atoms. The van der Waals surface area contributed by atoms with Crippen LogP contribution in [-0.2, 0) is 0 Å². The van der Waals surface area contributed by atoms with Crippen LogP contribution in [0.2, 0.25) is 5.02 Å². The van der Waals surface area contributed by atoms with Gasteiger partial charge in [-0.2, -0.15) is 0 Å². The first-order valence-corrected chi connectivity index (χ1v) is 9.15. The molecule has 0 aromatic heterocycles. The van der Waals surface area contributed by atoms with Crippen molar-refractivity contribution in [2.24, 2.45) is 0 Å². The number of carbonyl (C=O) groups is 1. The molecular weight excluding hydrogens is 350 g/mol. The third-order valence-corrected chi connectivity index (χ3v) is 5.05. The van der Waals surface area contributed by atoms with Gasteiger partial charge in [-0.3, -0.25) is 0 Å². The van der Waals surface area contributed by atoms with Crippen molar-refractivity contribution in [2.75, 3.05) is 38.2 Å². The molecule has 0 saturated carbocycles. The fraction of sp³-hybridized carbons (Fsp3) is 0.350. The van der Waals surface area contributed by atoms with Crippen LogP contribution >= 0.6 is 11.6 Å². The molecule has 6 heteroatoms. The third-order valence-electron chi connectivity index (χ3n) is 4.70. The molecule has 1 heterocycles. The number of benzene rings is 2. The monoisotopic (exact) mass is 373 g/mol. The molecule has 2 aromatic carbocycles. The fourth-order valence-electron chi connectivity index (χ4n) is 3.22. The van der Waals surface area contributed by atoms with Gasteiger partial charge in [0.15, 0.2) is 0 Å². The van der Waals surface area contributed by atoms with Gasteiger partial charge in [-0.05, 0) is 30.7 Å². The van der Waals surface area contributed by atoms with E-state index in [1.54, 1.807) is 7.11 Å². The minimum atomic E-state index is -0.136. The number of hydrogen-bond donors (Lipinski definition) is 1. The van der Waals surface area contributed by atoms with Crippen LogP contribution in [0.4, 0.5) is 10.5 Å². The number of hydrogen-bond acceptors (Lipinski definition) is 3. The lowest BCUT2D eigenvalue weighted by Crippen LogP contribution is -2.52. The lowest BCUT2D eigenvalue weighted by molar-refractivity contribution is 0.191. The van der Waals surface area contributed by atoms with Gasteiger partial charge in [0, 0.05) is 31.2 Å². The molecule has 1 unspecified atom stereocenters. The van der Waals surface area contributed by atoms with Crippen LogP contribution in [0, 0.1) is 0 Å². The van der Waals surface area contributed by atoms with E-state index in [0.29, 0.717) is 18.1 Å². The number of ether oxygens (including phenoxy) is 1. The number of methoxy groups -OCH3 is 1. The second-order valence-corrected chi connectivity index (χ2v) is 6.75. The van der Waals surface area contributed by atoms with E-state index in [0.717, 1.165) is 30.1 Å². The Morgan fingerprint density at radius 3 is 2.42 bits per heavy atom. The highest BCUT2D eigenvalue weighted by molar-refractivity contribution is 6.31. The number of halogens is 1. The van der Waals surface area contributed by atoms with Gasteiger partial charge in [0.2, 0.25) is 0 Å². The Morgan fingerprint density at radius 2 is 1.73 bits per heavy atom. The number of para-hydroxylation sites is 2. The third kappa shape index (κ3) is 4.05. The van der Waals surface area contributed by atoms with Gasteiger partial charge < -0.3 is 19.9 Å². The summed E-state index contributed by atoms with van der Waals surface area (Å²) in [5, 5.41) is 3.71. The normalized spacial score (nSPS) is 15.5. The number of anilines is 1. The summed E-state index contributed by atoms with van der Waals surface area (Å²) in [4.78, 5) is 16.7. The van der Waals surface area contributed by atoms with Crippen molar-refractivity contribution in [1.82, 2.24) is 10.2 Å². The first-order valence-electron chi connectivity index (χ1n) is 8.78. The highest BCUT2D eigenvalue weighted by Crippen LogP contribution is 2.28. The van der Waals surface area contributed by atoms with Crippen LogP contribution < -0.4 is 15.0 Å². The number of carbonyl (C=O) groups excluding carboxylic acids is 1. The smallest absolute Gasteiger partial charge is 0.317 e. The van der Waals surface area contributed by atoms with E-state index in [4.69, 9.17) is 16.3 Å². The van der Waals surface area contributed by atoms with Gasteiger partial charge in [-0.1, -0.05) is 41.9 Å². The van der Waals surface area contributed by atoms with Crippen molar-refractivity contribution in [3.63, 3.8) is 0 Å². The lowest BCUT2D eigenvalue weighted by Gasteiger charge is -2.37. The molecule has 138 valence electrons. The Labute approximate surface area is 159 Å². The van der Waals surface area contributed by atoms with Crippen molar-refractivity contribution in [3.05, 3.63) is 59.1 Å². The standard InChI is InChI=1S/C20H24ClN3O2/c1-15(16-7-3-4-8-17(16)21)22-20(25)24-13-11-23(12-14-24)18-9-5-6-10-19(18)26-2/h3-10,15H,11-14H2,1-2H3,(H,22,25). The van der Waals surface area contributed by atoms with Crippen LogP contribution in [0.1, 0.15) is 18.5 Å². The molecule has 1 aliphatic rings.